The summed E-state index contributed by atoms with van der Waals surface area (Å²) >= 11 is 1.79. The molecule has 2 unspecified atom stereocenters. The molecular formula is C12H20N2OS. The Morgan fingerprint density at radius 2 is 2.31 bits per heavy atom. The van der Waals surface area contributed by atoms with Gasteiger partial charge in [0.1, 0.15) is 0 Å². The largest absolute Gasteiger partial charge is 0.396 e. The lowest BCUT2D eigenvalue weighted by molar-refractivity contribution is 0.265. The summed E-state index contributed by atoms with van der Waals surface area (Å²) in [7, 11) is 0. The van der Waals surface area contributed by atoms with Crippen molar-refractivity contribution >= 4 is 11.8 Å². The minimum atomic E-state index is 0.227. The zero-order chi connectivity index (χ0) is 11.8. The molecule has 0 amide bonds. The van der Waals surface area contributed by atoms with Crippen LogP contribution in [0.4, 0.5) is 0 Å². The smallest absolute Gasteiger partial charge is 0.0570 e. The predicted molar refractivity (Wildman–Crippen MR) is 69.7 cm³/mol. The Labute approximate surface area is 102 Å². The highest BCUT2D eigenvalue weighted by molar-refractivity contribution is 7.98. The average Bonchev–Trinajstić information content (AvgIpc) is 2.31. The minimum Gasteiger partial charge on any atom is -0.396 e. The molecule has 1 aromatic heterocycles. The lowest BCUT2D eigenvalue weighted by Gasteiger charge is -2.21. The molecule has 0 spiro atoms. The van der Waals surface area contributed by atoms with Crippen LogP contribution in [-0.4, -0.2) is 34.7 Å². The van der Waals surface area contributed by atoms with Gasteiger partial charge in [-0.3, -0.25) is 4.98 Å². The number of aliphatic hydroxyl groups is 1. The van der Waals surface area contributed by atoms with Crippen LogP contribution in [-0.2, 0) is 0 Å². The van der Waals surface area contributed by atoms with Gasteiger partial charge in [-0.15, -0.1) is 0 Å². The second-order valence-corrected chi connectivity index (χ2v) is 4.72. The van der Waals surface area contributed by atoms with E-state index in [-0.39, 0.29) is 12.6 Å². The first kappa shape index (κ1) is 13.5. The van der Waals surface area contributed by atoms with E-state index in [0.29, 0.717) is 6.04 Å². The topological polar surface area (TPSA) is 45.1 Å². The fourth-order valence-electron chi connectivity index (χ4n) is 1.64. The minimum absolute atomic E-state index is 0.227. The van der Waals surface area contributed by atoms with E-state index in [2.05, 4.69) is 23.5 Å². The zero-order valence-corrected chi connectivity index (χ0v) is 10.7. The van der Waals surface area contributed by atoms with Gasteiger partial charge in [0.25, 0.3) is 0 Å². The van der Waals surface area contributed by atoms with Crippen molar-refractivity contribution in [3.8, 4) is 0 Å². The van der Waals surface area contributed by atoms with Crippen molar-refractivity contribution in [1.82, 2.24) is 10.3 Å². The lowest BCUT2D eigenvalue weighted by atomic mass is 10.1. The summed E-state index contributed by atoms with van der Waals surface area (Å²) in [6.07, 6.45) is 4.68. The van der Waals surface area contributed by atoms with E-state index in [1.165, 1.54) is 0 Å². The number of thioether (sulfide) groups is 1. The summed E-state index contributed by atoms with van der Waals surface area (Å²) in [4.78, 5) is 4.32. The van der Waals surface area contributed by atoms with Crippen molar-refractivity contribution in [3.05, 3.63) is 30.1 Å². The van der Waals surface area contributed by atoms with Crippen LogP contribution in [0, 0.1) is 0 Å². The Hall–Kier alpha value is -0.580. The first-order chi connectivity index (χ1) is 7.77. The second-order valence-electron chi connectivity index (χ2n) is 3.81. The maximum atomic E-state index is 8.98. The molecule has 1 rings (SSSR count). The molecule has 0 bridgehead atoms. The van der Waals surface area contributed by atoms with Crippen LogP contribution < -0.4 is 5.32 Å². The van der Waals surface area contributed by atoms with Crippen LogP contribution in [0.2, 0.25) is 0 Å². The van der Waals surface area contributed by atoms with E-state index < -0.39 is 0 Å². The molecule has 0 fully saturated rings. The molecule has 2 atom stereocenters. The van der Waals surface area contributed by atoms with Crippen molar-refractivity contribution in [2.24, 2.45) is 0 Å². The van der Waals surface area contributed by atoms with Gasteiger partial charge < -0.3 is 10.4 Å². The van der Waals surface area contributed by atoms with E-state index in [9.17, 15) is 0 Å². The van der Waals surface area contributed by atoms with Crippen LogP contribution in [0.3, 0.4) is 0 Å². The maximum absolute atomic E-state index is 8.98. The normalized spacial score (nSPS) is 14.7. The number of aliphatic hydroxyl groups excluding tert-OH is 1. The Balaban J connectivity index is 2.50. The summed E-state index contributed by atoms with van der Waals surface area (Å²) in [5.41, 5.74) is 1.05. The molecule has 4 heteroatoms. The van der Waals surface area contributed by atoms with E-state index in [4.69, 9.17) is 5.11 Å². The number of pyridine rings is 1. The molecule has 0 saturated carbocycles. The second kappa shape index (κ2) is 7.65. The third-order valence-electron chi connectivity index (χ3n) is 2.46. The fourth-order valence-corrected chi connectivity index (χ4v) is 2.31. The molecule has 1 heterocycles. The number of rotatable bonds is 7. The summed E-state index contributed by atoms with van der Waals surface area (Å²) < 4.78 is 0. The van der Waals surface area contributed by atoms with Gasteiger partial charge in [0.15, 0.2) is 0 Å². The molecular weight excluding hydrogens is 220 g/mol. The lowest BCUT2D eigenvalue weighted by Crippen LogP contribution is -2.34. The SMILES string of the molecule is CSCC(CCO)NC(C)c1ccccn1. The zero-order valence-electron chi connectivity index (χ0n) is 9.89. The van der Waals surface area contributed by atoms with Crippen LogP contribution in [0.25, 0.3) is 0 Å². The van der Waals surface area contributed by atoms with Gasteiger partial charge in [-0.05, 0) is 31.7 Å². The summed E-state index contributed by atoms with van der Waals surface area (Å²) in [5, 5.41) is 12.5. The van der Waals surface area contributed by atoms with Crippen molar-refractivity contribution in [3.63, 3.8) is 0 Å². The molecule has 0 saturated heterocycles. The summed E-state index contributed by atoms with van der Waals surface area (Å²) in [6, 6.07) is 6.51. The molecule has 1 aromatic rings. The highest BCUT2D eigenvalue weighted by Gasteiger charge is 2.12. The van der Waals surface area contributed by atoms with Crippen molar-refractivity contribution in [2.75, 3.05) is 18.6 Å². The third-order valence-corrected chi connectivity index (χ3v) is 3.20. The molecule has 0 aliphatic heterocycles. The Kier molecular flexibility index (Phi) is 6.45. The number of aromatic nitrogens is 1. The van der Waals surface area contributed by atoms with E-state index in [1.54, 1.807) is 11.8 Å². The quantitative estimate of drug-likeness (QED) is 0.763. The number of nitrogens with zero attached hydrogens (tertiary/aromatic N) is 1. The molecule has 2 N–H and O–H groups in total. The van der Waals surface area contributed by atoms with Crippen LogP contribution in [0.1, 0.15) is 25.1 Å². The highest BCUT2D eigenvalue weighted by atomic mass is 32.2. The van der Waals surface area contributed by atoms with Crippen LogP contribution >= 0.6 is 11.8 Å². The molecule has 3 nitrogen and oxygen atoms in total. The monoisotopic (exact) mass is 240 g/mol. The van der Waals surface area contributed by atoms with Gasteiger partial charge in [-0.1, -0.05) is 6.07 Å². The van der Waals surface area contributed by atoms with Crippen LogP contribution in [0.15, 0.2) is 24.4 Å². The average molecular weight is 240 g/mol. The third kappa shape index (κ3) is 4.51. The van der Waals surface area contributed by atoms with Gasteiger partial charge >= 0.3 is 0 Å². The van der Waals surface area contributed by atoms with Gasteiger partial charge in [0, 0.05) is 30.6 Å². The summed E-state index contributed by atoms with van der Waals surface area (Å²) in [5.74, 6) is 1.01. The van der Waals surface area contributed by atoms with E-state index in [1.807, 2.05) is 24.4 Å². The number of hydrogen-bond acceptors (Lipinski definition) is 4. The highest BCUT2D eigenvalue weighted by Crippen LogP contribution is 2.11. The molecule has 0 aliphatic carbocycles. The standard InChI is InChI=1S/C12H20N2OS/c1-10(12-5-3-4-7-13-12)14-11(6-8-15)9-16-2/h3-5,7,10-11,14-15H,6,8-9H2,1-2H3. The Morgan fingerprint density at radius 3 is 2.88 bits per heavy atom. The Morgan fingerprint density at radius 1 is 1.50 bits per heavy atom. The van der Waals surface area contributed by atoms with Gasteiger partial charge in [0.05, 0.1) is 5.69 Å². The Bertz CT molecular complexity index is 276. The van der Waals surface area contributed by atoms with E-state index >= 15 is 0 Å². The predicted octanol–water partition coefficient (Wildman–Crippen LogP) is 1.85. The van der Waals surface area contributed by atoms with Gasteiger partial charge in [-0.2, -0.15) is 11.8 Å². The molecule has 90 valence electrons. The molecule has 0 radical (unpaired) electrons. The van der Waals surface area contributed by atoms with Gasteiger partial charge in [0.2, 0.25) is 0 Å². The molecule has 0 aliphatic rings. The molecule has 16 heavy (non-hydrogen) atoms. The first-order valence-corrected chi connectivity index (χ1v) is 6.94. The first-order valence-electron chi connectivity index (χ1n) is 5.54. The fraction of sp³-hybridized carbons (Fsp3) is 0.583. The molecule has 0 aromatic carbocycles. The number of hydrogen-bond donors (Lipinski definition) is 2. The van der Waals surface area contributed by atoms with Gasteiger partial charge in [-0.25, -0.2) is 0 Å². The van der Waals surface area contributed by atoms with Crippen molar-refractivity contribution in [2.45, 2.75) is 25.4 Å². The van der Waals surface area contributed by atoms with Crippen molar-refractivity contribution < 1.29 is 5.11 Å². The summed E-state index contributed by atoms with van der Waals surface area (Å²) in [6.45, 7) is 2.33. The van der Waals surface area contributed by atoms with E-state index in [0.717, 1.165) is 17.9 Å². The maximum Gasteiger partial charge on any atom is 0.0570 e. The van der Waals surface area contributed by atoms with Crippen LogP contribution in [0.5, 0.6) is 0 Å². The number of nitrogens with one attached hydrogen (secondary N) is 1. The van der Waals surface area contributed by atoms with Crippen molar-refractivity contribution in [1.29, 1.82) is 0 Å².